The van der Waals surface area contributed by atoms with E-state index in [0.29, 0.717) is 45.9 Å². The average molecular weight is 465 g/mol. The molecule has 2 amide bonds. The lowest BCUT2D eigenvalue weighted by atomic mass is 10.0. The van der Waals surface area contributed by atoms with Crippen molar-refractivity contribution >= 4 is 45.3 Å². The first kappa shape index (κ1) is 20.4. The van der Waals surface area contributed by atoms with Gasteiger partial charge in [-0.2, -0.15) is 0 Å². The summed E-state index contributed by atoms with van der Waals surface area (Å²) in [6.45, 7) is 4.49. The molecule has 2 aromatic heterocycles. The summed E-state index contributed by atoms with van der Waals surface area (Å²) in [6.07, 6.45) is 4.26. The molecule has 0 saturated carbocycles. The summed E-state index contributed by atoms with van der Waals surface area (Å²) >= 11 is 1.64. The average Bonchev–Trinajstić information content (AvgIpc) is 3.47. The van der Waals surface area contributed by atoms with Crippen molar-refractivity contribution < 1.29 is 14.3 Å². The number of aromatic nitrogens is 2. The second kappa shape index (κ2) is 8.27. The zero-order chi connectivity index (χ0) is 22.4. The van der Waals surface area contributed by atoms with Gasteiger partial charge < -0.3 is 24.6 Å². The van der Waals surface area contributed by atoms with E-state index in [4.69, 9.17) is 9.47 Å². The molecule has 1 saturated heterocycles. The summed E-state index contributed by atoms with van der Waals surface area (Å²) in [5.41, 5.74) is 4.33. The van der Waals surface area contributed by atoms with E-state index in [0.717, 1.165) is 45.0 Å². The van der Waals surface area contributed by atoms with Gasteiger partial charge in [0.15, 0.2) is 0 Å². The third-order valence-electron chi connectivity index (χ3n) is 6.40. The van der Waals surface area contributed by atoms with Crippen LogP contribution in [0.5, 0.6) is 5.75 Å². The summed E-state index contributed by atoms with van der Waals surface area (Å²) in [6, 6.07) is 4.18. The number of benzene rings is 1. The van der Waals surface area contributed by atoms with E-state index in [1.807, 2.05) is 22.1 Å². The van der Waals surface area contributed by atoms with Crippen LogP contribution in [0.4, 0.5) is 16.3 Å². The summed E-state index contributed by atoms with van der Waals surface area (Å²) < 4.78 is 11.0. The van der Waals surface area contributed by atoms with Gasteiger partial charge in [0, 0.05) is 30.7 Å². The number of rotatable bonds is 3. The number of anilines is 2. The smallest absolute Gasteiger partial charge is 0.320 e. The first-order valence-electron chi connectivity index (χ1n) is 11.1. The molecule has 3 aliphatic heterocycles. The van der Waals surface area contributed by atoms with Crippen molar-refractivity contribution in [1.82, 2.24) is 19.8 Å². The molecule has 3 aliphatic rings. The number of amides is 2. The molecular weight excluding hydrogens is 440 g/mol. The molecule has 6 rings (SSSR count). The Morgan fingerprint density at radius 1 is 1.18 bits per heavy atom. The highest BCUT2D eigenvalue weighted by Crippen LogP contribution is 2.40. The van der Waals surface area contributed by atoms with Gasteiger partial charge in [0.1, 0.15) is 22.7 Å². The standard InChI is InChI=1S/C23H24N6O3S/c1-31-18-9-15-11-24-10-14(15)8-17(18)27-21-20-16-2-3-29(23(30)28-4-6-32-7-5-28)12-19(16)33-22(20)26-13-25-21/h8-10,13H,2-7,11-12H2,1H3,(H,25,26,27). The lowest BCUT2D eigenvalue weighted by Crippen LogP contribution is -2.49. The van der Waals surface area contributed by atoms with Crippen LogP contribution in [0.2, 0.25) is 0 Å². The van der Waals surface area contributed by atoms with E-state index >= 15 is 0 Å². The van der Waals surface area contributed by atoms with Gasteiger partial charge in [-0.25, -0.2) is 14.8 Å². The topological polar surface area (TPSA) is 92.2 Å². The fraction of sp³-hybridized carbons (Fsp3) is 0.391. The number of hydrogen-bond donors (Lipinski definition) is 1. The van der Waals surface area contributed by atoms with E-state index in [1.165, 1.54) is 10.4 Å². The van der Waals surface area contributed by atoms with Gasteiger partial charge in [-0.15, -0.1) is 11.3 Å². The first-order chi connectivity index (χ1) is 16.2. The molecule has 9 nitrogen and oxygen atoms in total. The Morgan fingerprint density at radius 3 is 2.91 bits per heavy atom. The van der Waals surface area contributed by atoms with E-state index in [1.54, 1.807) is 24.8 Å². The number of nitrogens with zero attached hydrogens (tertiary/aromatic N) is 5. The van der Waals surface area contributed by atoms with Crippen molar-refractivity contribution in [1.29, 1.82) is 0 Å². The molecular formula is C23H24N6O3S. The van der Waals surface area contributed by atoms with Crippen molar-refractivity contribution in [2.75, 3.05) is 45.3 Å². The van der Waals surface area contributed by atoms with Gasteiger partial charge >= 0.3 is 6.03 Å². The van der Waals surface area contributed by atoms with Gasteiger partial charge in [-0.3, -0.25) is 4.99 Å². The van der Waals surface area contributed by atoms with Gasteiger partial charge in [0.05, 0.1) is 44.5 Å². The number of fused-ring (bicyclic) bond motifs is 4. The van der Waals surface area contributed by atoms with E-state index in [9.17, 15) is 4.79 Å². The van der Waals surface area contributed by atoms with Gasteiger partial charge in [-0.05, 0) is 35.2 Å². The Morgan fingerprint density at radius 2 is 2.06 bits per heavy atom. The zero-order valence-corrected chi connectivity index (χ0v) is 19.2. The number of methoxy groups -OCH3 is 1. The third kappa shape index (κ3) is 3.59. The fourth-order valence-corrected chi connectivity index (χ4v) is 5.88. The normalized spacial score (nSPS) is 17.2. The molecule has 1 N–H and O–H groups in total. The van der Waals surface area contributed by atoms with Gasteiger partial charge in [0.25, 0.3) is 0 Å². The number of nitrogens with one attached hydrogen (secondary N) is 1. The maximum atomic E-state index is 13.0. The first-order valence-corrected chi connectivity index (χ1v) is 11.9. The number of carbonyl (C=O) groups is 1. The maximum Gasteiger partial charge on any atom is 0.320 e. The predicted octanol–water partition coefficient (Wildman–Crippen LogP) is 3.19. The molecule has 1 fully saturated rings. The molecule has 0 spiro atoms. The van der Waals surface area contributed by atoms with Crippen LogP contribution in [0.25, 0.3) is 10.2 Å². The number of ether oxygens (including phenoxy) is 2. The number of urea groups is 1. The quantitative estimate of drug-likeness (QED) is 0.640. The van der Waals surface area contributed by atoms with Crippen LogP contribution < -0.4 is 10.1 Å². The van der Waals surface area contributed by atoms with Crippen LogP contribution in [-0.4, -0.2) is 72.0 Å². The number of morpholine rings is 1. The fourth-order valence-electron chi connectivity index (χ4n) is 4.67. The minimum absolute atomic E-state index is 0.0929. The highest BCUT2D eigenvalue weighted by Gasteiger charge is 2.29. The highest BCUT2D eigenvalue weighted by molar-refractivity contribution is 7.19. The predicted molar refractivity (Wildman–Crippen MR) is 127 cm³/mol. The largest absolute Gasteiger partial charge is 0.495 e. The van der Waals surface area contributed by atoms with Crippen molar-refractivity contribution in [3.8, 4) is 5.75 Å². The van der Waals surface area contributed by atoms with Crippen LogP contribution in [0.3, 0.4) is 0 Å². The second-order valence-electron chi connectivity index (χ2n) is 8.31. The van der Waals surface area contributed by atoms with Crippen LogP contribution in [0.1, 0.15) is 21.6 Å². The number of aliphatic imine (C=N–C) groups is 1. The molecule has 3 aromatic rings. The molecule has 10 heteroatoms. The number of thiophene rings is 1. The van der Waals surface area contributed by atoms with Crippen LogP contribution in [0, 0.1) is 0 Å². The Balaban J connectivity index is 1.31. The van der Waals surface area contributed by atoms with E-state index in [2.05, 4.69) is 26.3 Å². The molecule has 0 aliphatic carbocycles. The Kier molecular flexibility index (Phi) is 5.11. The van der Waals surface area contributed by atoms with E-state index < -0.39 is 0 Å². The Labute approximate surface area is 195 Å². The molecule has 33 heavy (non-hydrogen) atoms. The maximum absolute atomic E-state index is 13.0. The molecule has 170 valence electrons. The SMILES string of the molecule is COc1cc2c(cc1Nc1ncnc3sc4c(c13)CCN(C(=O)N1CCOCC1)C4)C=NC2. The van der Waals surface area contributed by atoms with E-state index in [-0.39, 0.29) is 6.03 Å². The second-order valence-corrected chi connectivity index (χ2v) is 9.39. The minimum Gasteiger partial charge on any atom is -0.495 e. The third-order valence-corrected chi connectivity index (χ3v) is 7.52. The summed E-state index contributed by atoms with van der Waals surface area (Å²) in [4.78, 5) is 32.4. The van der Waals surface area contributed by atoms with Crippen LogP contribution in [0.15, 0.2) is 23.5 Å². The lowest BCUT2D eigenvalue weighted by Gasteiger charge is -2.34. The molecule has 0 bridgehead atoms. The van der Waals surface area contributed by atoms with Crippen LogP contribution >= 0.6 is 11.3 Å². The van der Waals surface area contributed by atoms with Crippen LogP contribution in [-0.2, 0) is 24.2 Å². The molecule has 0 radical (unpaired) electrons. The van der Waals surface area contributed by atoms with Crippen molar-refractivity contribution in [3.63, 3.8) is 0 Å². The van der Waals surface area contributed by atoms with Crippen molar-refractivity contribution in [2.24, 2.45) is 4.99 Å². The monoisotopic (exact) mass is 464 g/mol. The van der Waals surface area contributed by atoms with Gasteiger partial charge in [-0.1, -0.05) is 0 Å². The Hall–Kier alpha value is -3.24. The summed E-state index contributed by atoms with van der Waals surface area (Å²) in [7, 11) is 1.67. The lowest BCUT2D eigenvalue weighted by molar-refractivity contribution is 0.0423. The summed E-state index contributed by atoms with van der Waals surface area (Å²) in [5, 5.41) is 4.52. The molecule has 5 heterocycles. The van der Waals surface area contributed by atoms with Crippen molar-refractivity contribution in [3.05, 3.63) is 40.0 Å². The zero-order valence-electron chi connectivity index (χ0n) is 18.3. The number of carbonyl (C=O) groups excluding carboxylic acids is 1. The molecule has 0 unspecified atom stereocenters. The molecule has 1 aromatic carbocycles. The minimum atomic E-state index is 0.0929. The van der Waals surface area contributed by atoms with Crippen molar-refractivity contribution in [2.45, 2.75) is 19.5 Å². The highest BCUT2D eigenvalue weighted by atomic mass is 32.1. The number of hydrogen-bond acceptors (Lipinski definition) is 8. The molecule has 0 atom stereocenters. The Bertz CT molecular complexity index is 1270. The summed E-state index contributed by atoms with van der Waals surface area (Å²) in [5.74, 6) is 1.52. The van der Waals surface area contributed by atoms with Gasteiger partial charge in [0.2, 0.25) is 0 Å².